The van der Waals surface area contributed by atoms with Crippen LogP contribution in [-0.4, -0.2) is 27.5 Å². The first-order valence-corrected chi connectivity index (χ1v) is 7.89. The van der Waals surface area contributed by atoms with Crippen LogP contribution in [0.2, 0.25) is 5.02 Å². The Bertz CT molecular complexity index is 680. The van der Waals surface area contributed by atoms with Crippen LogP contribution in [0.5, 0.6) is 0 Å². The molecule has 1 atom stereocenters. The quantitative estimate of drug-likeness (QED) is 0.829. The van der Waals surface area contributed by atoms with Crippen LogP contribution in [-0.2, 0) is 19.6 Å². The molecule has 1 rings (SSSR count). The molecule has 0 fully saturated rings. The van der Waals surface area contributed by atoms with Crippen LogP contribution in [0, 0.1) is 17.2 Å². The Morgan fingerprint density at radius 1 is 1.43 bits per heavy atom. The van der Waals surface area contributed by atoms with Crippen LogP contribution >= 0.6 is 11.6 Å². The standard InChI is InChI=1S/C13H15ClN2O4S/c1-8(2)12(13(17)20-3)16-21(18,19)10-4-5-11(14)9(6-10)7-15/h4-6,8,12,16H,1-3H3/t12-/m1/s1. The smallest absolute Gasteiger partial charge is 0.324 e. The predicted molar refractivity (Wildman–Crippen MR) is 77.1 cm³/mol. The van der Waals surface area contributed by atoms with Gasteiger partial charge >= 0.3 is 5.97 Å². The second-order valence-electron chi connectivity index (χ2n) is 4.62. The van der Waals surface area contributed by atoms with Crippen LogP contribution in [0.1, 0.15) is 19.4 Å². The lowest BCUT2D eigenvalue weighted by Gasteiger charge is -2.19. The highest BCUT2D eigenvalue weighted by molar-refractivity contribution is 7.89. The average Bonchev–Trinajstić information content (AvgIpc) is 2.44. The minimum Gasteiger partial charge on any atom is -0.468 e. The largest absolute Gasteiger partial charge is 0.468 e. The van der Waals surface area contributed by atoms with E-state index in [2.05, 4.69) is 9.46 Å². The first-order chi connectivity index (χ1) is 9.72. The van der Waals surface area contributed by atoms with E-state index < -0.39 is 22.0 Å². The van der Waals surface area contributed by atoms with E-state index in [9.17, 15) is 13.2 Å². The minimum absolute atomic E-state index is 0.0405. The van der Waals surface area contributed by atoms with Gasteiger partial charge in [0.05, 0.1) is 22.6 Å². The van der Waals surface area contributed by atoms with Crippen molar-refractivity contribution in [3.8, 4) is 6.07 Å². The van der Waals surface area contributed by atoms with Gasteiger partial charge in [-0.25, -0.2) is 8.42 Å². The molecule has 0 unspecified atom stereocenters. The fraction of sp³-hybridized carbons (Fsp3) is 0.385. The Labute approximate surface area is 128 Å². The third kappa shape index (κ3) is 4.17. The van der Waals surface area contributed by atoms with Crippen LogP contribution < -0.4 is 4.72 Å². The van der Waals surface area contributed by atoms with Crippen LogP contribution in [0.3, 0.4) is 0 Å². The maximum Gasteiger partial charge on any atom is 0.324 e. The molecule has 0 aliphatic carbocycles. The minimum atomic E-state index is -3.97. The van der Waals surface area contributed by atoms with Crippen molar-refractivity contribution in [1.82, 2.24) is 4.72 Å². The summed E-state index contributed by atoms with van der Waals surface area (Å²) < 4.78 is 31.4. The second kappa shape index (κ2) is 6.89. The number of hydrogen-bond acceptors (Lipinski definition) is 5. The van der Waals surface area contributed by atoms with Gasteiger partial charge in [-0.3, -0.25) is 4.79 Å². The molecule has 1 aromatic rings. The van der Waals surface area contributed by atoms with Crippen molar-refractivity contribution >= 4 is 27.6 Å². The number of nitriles is 1. The summed E-state index contributed by atoms with van der Waals surface area (Å²) in [5.41, 5.74) is 0.0405. The molecule has 0 saturated carbocycles. The van der Waals surface area contributed by atoms with E-state index in [0.717, 1.165) is 6.07 Å². The van der Waals surface area contributed by atoms with Crippen molar-refractivity contribution in [1.29, 1.82) is 5.26 Å². The van der Waals surface area contributed by atoms with Crippen molar-refractivity contribution in [3.05, 3.63) is 28.8 Å². The van der Waals surface area contributed by atoms with E-state index in [0.29, 0.717) is 0 Å². The molecule has 114 valence electrons. The van der Waals surface area contributed by atoms with Gasteiger partial charge in [0.1, 0.15) is 12.1 Å². The molecule has 0 heterocycles. The maximum absolute atomic E-state index is 12.3. The van der Waals surface area contributed by atoms with E-state index in [-0.39, 0.29) is 21.4 Å². The molecule has 1 N–H and O–H groups in total. The average molecular weight is 331 g/mol. The lowest BCUT2D eigenvalue weighted by atomic mass is 10.1. The molecule has 0 aliphatic heterocycles. The van der Waals surface area contributed by atoms with Gasteiger partial charge in [0.25, 0.3) is 0 Å². The predicted octanol–water partition coefficient (Wildman–Crippen LogP) is 1.69. The number of methoxy groups -OCH3 is 1. The third-order valence-corrected chi connectivity index (χ3v) is 4.54. The highest BCUT2D eigenvalue weighted by atomic mass is 35.5. The molecule has 0 aromatic heterocycles. The SMILES string of the molecule is COC(=O)[C@H](NS(=O)(=O)c1ccc(Cl)c(C#N)c1)C(C)C. The molecule has 6 nitrogen and oxygen atoms in total. The topological polar surface area (TPSA) is 96.3 Å². The number of hydrogen-bond donors (Lipinski definition) is 1. The second-order valence-corrected chi connectivity index (χ2v) is 6.74. The molecule has 0 amide bonds. The Kier molecular flexibility index (Phi) is 5.72. The summed E-state index contributed by atoms with van der Waals surface area (Å²) in [6, 6.07) is 4.52. The van der Waals surface area contributed by atoms with Gasteiger partial charge in [-0.2, -0.15) is 9.98 Å². The molecule has 0 radical (unpaired) electrons. The highest BCUT2D eigenvalue weighted by Crippen LogP contribution is 2.20. The van der Waals surface area contributed by atoms with Gasteiger partial charge in [0, 0.05) is 0 Å². The number of halogens is 1. The van der Waals surface area contributed by atoms with Crippen LogP contribution in [0.4, 0.5) is 0 Å². The lowest BCUT2D eigenvalue weighted by Crippen LogP contribution is -2.44. The van der Waals surface area contributed by atoms with Crippen molar-refractivity contribution in [2.45, 2.75) is 24.8 Å². The van der Waals surface area contributed by atoms with E-state index in [1.54, 1.807) is 19.9 Å². The molecule has 1 aromatic carbocycles. The summed E-state index contributed by atoms with van der Waals surface area (Å²) in [6.45, 7) is 3.37. The van der Waals surface area contributed by atoms with Gasteiger partial charge < -0.3 is 4.74 Å². The summed E-state index contributed by atoms with van der Waals surface area (Å²) in [5.74, 6) is -0.974. The molecule has 8 heteroatoms. The Balaban J connectivity index is 3.17. The zero-order chi connectivity index (χ0) is 16.2. The van der Waals surface area contributed by atoms with E-state index in [4.69, 9.17) is 16.9 Å². The normalized spacial score (nSPS) is 12.8. The van der Waals surface area contributed by atoms with Crippen molar-refractivity contribution in [3.63, 3.8) is 0 Å². The zero-order valence-corrected chi connectivity index (χ0v) is 13.3. The Hall–Kier alpha value is -1.62. The molecule has 0 spiro atoms. The lowest BCUT2D eigenvalue weighted by molar-refractivity contribution is -0.143. The van der Waals surface area contributed by atoms with Crippen LogP contribution in [0.15, 0.2) is 23.1 Å². The number of nitrogens with one attached hydrogen (secondary N) is 1. The molecule has 0 saturated heterocycles. The number of ether oxygens (including phenoxy) is 1. The summed E-state index contributed by atoms with van der Waals surface area (Å²) >= 11 is 5.76. The number of rotatable bonds is 5. The van der Waals surface area contributed by atoms with E-state index >= 15 is 0 Å². The summed E-state index contributed by atoms with van der Waals surface area (Å²) in [4.78, 5) is 11.5. The molecular formula is C13H15ClN2O4S. The highest BCUT2D eigenvalue weighted by Gasteiger charge is 2.29. The summed E-state index contributed by atoms with van der Waals surface area (Å²) in [6.07, 6.45) is 0. The molecule has 21 heavy (non-hydrogen) atoms. The summed E-state index contributed by atoms with van der Waals surface area (Å²) in [7, 11) is -2.79. The Morgan fingerprint density at radius 2 is 2.05 bits per heavy atom. The van der Waals surface area contributed by atoms with Crippen molar-refractivity contribution in [2.24, 2.45) is 5.92 Å². The van der Waals surface area contributed by atoms with E-state index in [1.165, 1.54) is 19.2 Å². The maximum atomic E-state index is 12.3. The van der Waals surface area contributed by atoms with Gasteiger partial charge in [0.2, 0.25) is 10.0 Å². The monoisotopic (exact) mass is 330 g/mol. The Morgan fingerprint density at radius 3 is 2.52 bits per heavy atom. The number of benzene rings is 1. The van der Waals surface area contributed by atoms with Crippen molar-refractivity contribution in [2.75, 3.05) is 7.11 Å². The van der Waals surface area contributed by atoms with Crippen LogP contribution in [0.25, 0.3) is 0 Å². The van der Waals surface area contributed by atoms with Gasteiger partial charge in [-0.05, 0) is 24.1 Å². The number of esters is 1. The van der Waals surface area contributed by atoms with E-state index in [1.807, 2.05) is 0 Å². The van der Waals surface area contributed by atoms with Gasteiger partial charge in [-0.1, -0.05) is 25.4 Å². The fourth-order valence-electron chi connectivity index (χ4n) is 1.58. The fourth-order valence-corrected chi connectivity index (χ4v) is 3.09. The number of carbonyl (C=O) groups is 1. The number of carbonyl (C=O) groups excluding carboxylic acids is 1. The molecule has 0 bridgehead atoms. The first kappa shape index (κ1) is 17.4. The number of nitrogens with zero attached hydrogens (tertiary/aromatic N) is 1. The first-order valence-electron chi connectivity index (χ1n) is 6.02. The zero-order valence-electron chi connectivity index (χ0n) is 11.8. The molecule has 0 aliphatic rings. The third-order valence-electron chi connectivity index (χ3n) is 2.77. The van der Waals surface area contributed by atoms with Gasteiger partial charge in [0.15, 0.2) is 0 Å². The van der Waals surface area contributed by atoms with Gasteiger partial charge in [-0.15, -0.1) is 0 Å². The summed E-state index contributed by atoms with van der Waals surface area (Å²) in [5, 5.41) is 9.04. The molecular weight excluding hydrogens is 316 g/mol. The number of sulfonamides is 1. The van der Waals surface area contributed by atoms with Crippen molar-refractivity contribution < 1.29 is 17.9 Å².